The monoisotopic (exact) mass is 762 g/mol. The maximum atomic E-state index is 15.1. The Labute approximate surface area is 324 Å². The van der Waals surface area contributed by atoms with Gasteiger partial charge in [-0.2, -0.15) is 0 Å². The van der Waals surface area contributed by atoms with Crippen LogP contribution in [0.4, 0.5) is 0 Å². The number of carbonyl (C=O) groups is 4. The van der Waals surface area contributed by atoms with Crippen molar-refractivity contribution >= 4 is 23.7 Å². The summed E-state index contributed by atoms with van der Waals surface area (Å²) in [5.74, 6) is -4.51. The van der Waals surface area contributed by atoms with Crippen LogP contribution in [0, 0.1) is 34.0 Å². The normalized spacial score (nSPS) is 33.9. The van der Waals surface area contributed by atoms with Crippen molar-refractivity contribution in [2.75, 3.05) is 20.2 Å². The lowest BCUT2D eigenvalue weighted by molar-refractivity contribution is -0.302. The summed E-state index contributed by atoms with van der Waals surface area (Å²) in [6.45, 7) is 14.9. The first-order chi connectivity index (χ1) is 25.8. The summed E-state index contributed by atoms with van der Waals surface area (Å²) in [7, 11) is 1.43. The molecule has 3 fully saturated rings. The number of hydrogen-bond acceptors (Lipinski definition) is 12. The Hall–Kier alpha value is -3.94. The zero-order valence-electron chi connectivity index (χ0n) is 33.5. The van der Waals surface area contributed by atoms with Crippen LogP contribution in [0.3, 0.4) is 0 Å². The van der Waals surface area contributed by atoms with Crippen LogP contribution >= 0.6 is 0 Å². The highest BCUT2D eigenvalue weighted by molar-refractivity contribution is 5.91. The topological polar surface area (TPSA) is 184 Å². The van der Waals surface area contributed by atoms with Crippen molar-refractivity contribution in [3.63, 3.8) is 0 Å². The molecule has 1 heterocycles. The Morgan fingerprint density at radius 1 is 0.982 bits per heavy atom. The van der Waals surface area contributed by atoms with Gasteiger partial charge in [-0.3, -0.25) is 14.4 Å². The number of hydroxylamine groups is 1. The van der Waals surface area contributed by atoms with Crippen molar-refractivity contribution in [3.8, 4) is 0 Å². The molecule has 6 rings (SSSR count). The van der Waals surface area contributed by atoms with E-state index in [2.05, 4.69) is 6.92 Å². The molecule has 300 valence electrons. The molecular formula is C43H58N2O10. The van der Waals surface area contributed by atoms with Gasteiger partial charge in [0.2, 0.25) is 6.10 Å². The molecule has 0 amide bonds. The molecule has 10 atom stereocenters. The SMILES string of the molecule is CC(=O)O[C@H]1C[C@H]2OC[C@@]2(C)[C@H]2[C@H](C)[C@]3(O)C[C@H](OC(=O)[C@H](OC(=O)CN)C(c4ccccc4)c4ccccc4)C(C)=C([C@@H](C)C(=O)[C@]12C)C3(C)C.CNO. The first-order valence-electron chi connectivity index (χ1n) is 19.1. The molecule has 55 heavy (non-hydrogen) atoms. The van der Waals surface area contributed by atoms with Crippen molar-refractivity contribution < 1.29 is 48.4 Å². The fraction of sp³-hybridized carbons (Fsp3) is 0.581. The minimum atomic E-state index is -1.49. The number of carbonyl (C=O) groups excluding carboxylic acids is 4. The minimum absolute atomic E-state index is 0.0362. The van der Waals surface area contributed by atoms with E-state index in [1.807, 2.05) is 102 Å². The summed E-state index contributed by atoms with van der Waals surface area (Å²) < 4.78 is 24.2. The van der Waals surface area contributed by atoms with Gasteiger partial charge in [-0.1, -0.05) is 95.3 Å². The molecule has 0 spiro atoms. The number of benzene rings is 2. The van der Waals surface area contributed by atoms with E-state index in [1.165, 1.54) is 14.0 Å². The summed E-state index contributed by atoms with van der Waals surface area (Å²) in [6.07, 6.45) is -2.91. The second kappa shape index (κ2) is 15.9. The summed E-state index contributed by atoms with van der Waals surface area (Å²) in [6, 6.07) is 18.6. The molecule has 12 nitrogen and oxygen atoms in total. The second-order valence-electron chi connectivity index (χ2n) is 16.7. The van der Waals surface area contributed by atoms with E-state index in [0.29, 0.717) is 24.2 Å². The number of nitrogens with one attached hydrogen (secondary N) is 1. The van der Waals surface area contributed by atoms with Gasteiger partial charge in [0.05, 0.1) is 36.2 Å². The highest BCUT2D eigenvalue weighted by Gasteiger charge is 2.73. The third kappa shape index (κ3) is 7.05. The zero-order chi connectivity index (χ0) is 40.7. The molecule has 2 aromatic carbocycles. The highest BCUT2D eigenvalue weighted by Crippen LogP contribution is 2.68. The molecule has 3 aliphatic carbocycles. The average Bonchev–Trinajstić information content (AvgIpc) is 3.14. The van der Waals surface area contributed by atoms with Crippen molar-refractivity contribution in [1.82, 2.24) is 5.48 Å². The fourth-order valence-corrected chi connectivity index (χ4v) is 10.9. The van der Waals surface area contributed by atoms with Gasteiger partial charge in [0, 0.05) is 43.6 Å². The van der Waals surface area contributed by atoms with Crippen LogP contribution in [0.1, 0.15) is 85.3 Å². The molecule has 2 saturated carbocycles. The van der Waals surface area contributed by atoms with Gasteiger partial charge in [0.25, 0.3) is 0 Å². The van der Waals surface area contributed by atoms with Crippen LogP contribution in [0.15, 0.2) is 71.8 Å². The standard InChI is InChI=1S/C42H53NO9.CH5NO/c1-23-29(51-38(47)35(52-32(45)21-43)33(27-15-11-9-12-16-27)28-17-13-10-14-18-28)20-42(48)25(3)36-40(7)22-49-30(40)19-31(50-26(4)44)41(36,8)37(46)24(2)34(23)39(42,5)6;1-2-3/h9-18,24-25,29-31,33,35-36,48H,19-22,43H2,1-8H3;2-3H,1H3/t24-,25+,29+,30-,31+,35-,36-,40-,41-,42-;/m1./s1. The van der Waals surface area contributed by atoms with E-state index >= 15 is 4.79 Å². The van der Waals surface area contributed by atoms with Gasteiger partial charge in [-0.05, 0) is 48.0 Å². The number of ketones is 1. The van der Waals surface area contributed by atoms with Gasteiger partial charge in [-0.25, -0.2) is 10.3 Å². The van der Waals surface area contributed by atoms with Crippen LogP contribution in [0.2, 0.25) is 0 Å². The average molecular weight is 763 g/mol. The third-order valence-corrected chi connectivity index (χ3v) is 13.4. The van der Waals surface area contributed by atoms with Gasteiger partial charge in [-0.15, -0.1) is 0 Å². The van der Waals surface area contributed by atoms with Crippen LogP contribution in [-0.2, 0) is 38.1 Å². The summed E-state index contributed by atoms with van der Waals surface area (Å²) in [5, 5.41) is 20.6. The molecule has 4 aliphatic rings. The van der Waals surface area contributed by atoms with Gasteiger partial charge < -0.3 is 35.0 Å². The number of esters is 3. The summed E-state index contributed by atoms with van der Waals surface area (Å²) in [4.78, 5) is 55.0. The molecule has 12 heteroatoms. The van der Waals surface area contributed by atoms with Gasteiger partial charge >= 0.3 is 17.9 Å². The number of fused-ring (bicyclic) bond motifs is 5. The first kappa shape index (κ1) is 42.2. The van der Waals surface area contributed by atoms with E-state index < -0.39 is 88.3 Å². The lowest BCUT2D eigenvalue weighted by Gasteiger charge is -2.69. The second-order valence-corrected chi connectivity index (χ2v) is 16.7. The number of aliphatic hydroxyl groups is 1. The number of ether oxygens (including phenoxy) is 4. The lowest BCUT2D eigenvalue weighted by Crippen LogP contribution is -2.74. The molecule has 2 aromatic rings. The number of rotatable bonds is 8. The number of Topliss-reactive ketones (excluding diaryl/α,β-unsaturated/α-hetero) is 1. The van der Waals surface area contributed by atoms with Crippen LogP contribution < -0.4 is 11.2 Å². The predicted molar refractivity (Wildman–Crippen MR) is 203 cm³/mol. The summed E-state index contributed by atoms with van der Waals surface area (Å²) >= 11 is 0. The van der Waals surface area contributed by atoms with E-state index in [0.717, 1.165) is 11.1 Å². The minimum Gasteiger partial charge on any atom is -0.461 e. The fourth-order valence-electron chi connectivity index (χ4n) is 10.9. The number of nitrogens with two attached hydrogens (primary N) is 1. The van der Waals surface area contributed by atoms with Crippen molar-refractivity contribution in [3.05, 3.63) is 82.9 Å². The van der Waals surface area contributed by atoms with Crippen molar-refractivity contribution in [2.24, 2.45) is 39.7 Å². The Bertz CT molecular complexity index is 1740. The predicted octanol–water partition coefficient (Wildman–Crippen LogP) is 4.89. The van der Waals surface area contributed by atoms with Crippen LogP contribution in [0.5, 0.6) is 0 Å². The third-order valence-electron chi connectivity index (χ3n) is 13.4. The molecule has 0 aromatic heterocycles. The van der Waals surface area contributed by atoms with Crippen LogP contribution in [0.25, 0.3) is 0 Å². The molecule has 0 radical (unpaired) electrons. The summed E-state index contributed by atoms with van der Waals surface area (Å²) in [5.41, 5.74) is 6.25. The van der Waals surface area contributed by atoms with E-state index in [-0.39, 0.29) is 18.3 Å². The smallest absolute Gasteiger partial charge is 0.349 e. The Morgan fingerprint density at radius 3 is 2.00 bits per heavy atom. The van der Waals surface area contributed by atoms with Gasteiger partial charge in [0.1, 0.15) is 18.0 Å². The molecule has 0 unspecified atom stereocenters. The molecule has 1 aliphatic heterocycles. The zero-order valence-corrected chi connectivity index (χ0v) is 33.5. The van der Waals surface area contributed by atoms with E-state index in [9.17, 15) is 19.5 Å². The van der Waals surface area contributed by atoms with E-state index in [1.54, 1.807) is 5.48 Å². The highest BCUT2D eigenvalue weighted by atomic mass is 16.6. The van der Waals surface area contributed by atoms with Gasteiger partial charge in [0.15, 0.2) is 0 Å². The maximum Gasteiger partial charge on any atom is 0.349 e. The molecule has 1 saturated heterocycles. The Morgan fingerprint density at radius 2 is 1.53 bits per heavy atom. The number of hydrogen-bond donors (Lipinski definition) is 4. The first-order valence-corrected chi connectivity index (χ1v) is 19.1. The molecule has 5 N–H and O–H groups in total. The van der Waals surface area contributed by atoms with Crippen LogP contribution in [-0.4, -0.2) is 84.2 Å². The van der Waals surface area contributed by atoms with Crippen molar-refractivity contribution in [1.29, 1.82) is 0 Å². The quantitative estimate of drug-likeness (QED) is 0.124. The Balaban J connectivity index is 0.00000187. The molecular weight excluding hydrogens is 704 g/mol. The van der Waals surface area contributed by atoms with Crippen molar-refractivity contribution in [2.45, 2.75) is 104 Å². The maximum absolute atomic E-state index is 15.1. The lowest BCUT2D eigenvalue weighted by atomic mass is 9.40. The largest absolute Gasteiger partial charge is 0.461 e. The van der Waals surface area contributed by atoms with E-state index in [4.69, 9.17) is 29.9 Å². The Kier molecular flexibility index (Phi) is 12.2. The molecule has 2 bridgehead atoms.